The van der Waals surface area contributed by atoms with Gasteiger partial charge in [0.2, 0.25) is 0 Å². The number of halogens is 1. The lowest BCUT2D eigenvalue weighted by atomic mass is 10.0. The number of benzene rings is 2. The molecule has 0 saturated heterocycles. The minimum Gasteiger partial charge on any atom is -0.348 e. The molecule has 3 rings (SSSR count). The van der Waals surface area contributed by atoms with E-state index in [0.717, 1.165) is 33.3 Å². The first-order valence-electron chi connectivity index (χ1n) is 7.86. The zero-order valence-electron chi connectivity index (χ0n) is 14.0. The minimum absolute atomic E-state index is 0.115. The van der Waals surface area contributed by atoms with Crippen molar-refractivity contribution in [2.45, 2.75) is 27.3 Å². The first-order valence-corrected chi connectivity index (χ1v) is 8.23. The summed E-state index contributed by atoms with van der Waals surface area (Å²) in [7, 11) is 0. The molecule has 0 aliphatic heterocycles. The van der Waals surface area contributed by atoms with Crippen molar-refractivity contribution in [1.82, 2.24) is 10.3 Å². The molecule has 1 amide bonds. The van der Waals surface area contributed by atoms with Crippen LogP contribution in [0.5, 0.6) is 0 Å². The predicted molar refractivity (Wildman–Crippen MR) is 98.6 cm³/mol. The summed E-state index contributed by atoms with van der Waals surface area (Å²) in [5.41, 5.74) is 5.45. The molecule has 0 bridgehead atoms. The summed E-state index contributed by atoms with van der Waals surface area (Å²) in [6.07, 6.45) is 0. The van der Waals surface area contributed by atoms with E-state index in [4.69, 9.17) is 11.6 Å². The van der Waals surface area contributed by atoms with Gasteiger partial charge in [-0.1, -0.05) is 41.4 Å². The molecule has 0 aliphatic rings. The minimum atomic E-state index is -0.115. The fourth-order valence-electron chi connectivity index (χ4n) is 2.91. The highest BCUT2D eigenvalue weighted by molar-refractivity contribution is 6.31. The number of nitrogens with zero attached hydrogens (tertiary/aromatic N) is 1. The molecule has 24 heavy (non-hydrogen) atoms. The predicted octanol–water partition coefficient (Wildman–Crippen LogP) is 4.74. The molecule has 122 valence electrons. The number of fused-ring (bicyclic) bond motifs is 1. The van der Waals surface area contributed by atoms with Gasteiger partial charge >= 0.3 is 0 Å². The van der Waals surface area contributed by atoms with Gasteiger partial charge in [0.1, 0.15) is 0 Å². The van der Waals surface area contributed by atoms with Crippen LogP contribution < -0.4 is 5.32 Å². The van der Waals surface area contributed by atoms with Crippen LogP contribution in [0.15, 0.2) is 42.5 Å². The molecule has 2 aromatic carbocycles. The van der Waals surface area contributed by atoms with Gasteiger partial charge in [-0.15, -0.1) is 0 Å². The highest BCUT2D eigenvalue weighted by Crippen LogP contribution is 2.23. The molecule has 0 aliphatic carbocycles. The highest BCUT2D eigenvalue weighted by Gasteiger charge is 2.14. The Hall–Kier alpha value is -2.39. The lowest BCUT2D eigenvalue weighted by Crippen LogP contribution is -2.23. The number of aryl methyl sites for hydroxylation is 3. The lowest BCUT2D eigenvalue weighted by Gasteiger charge is -2.12. The molecule has 0 unspecified atom stereocenters. The summed E-state index contributed by atoms with van der Waals surface area (Å²) in [6, 6.07) is 13.4. The number of rotatable bonds is 3. The summed E-state index contributed by atoms with van der Waals surface area (Å²) in [5.74, 6) is -0.115. The van der Waals surface area contributed by atoms with Crippen LogP contribution in [0.4, 0.5) is 0 Å². The fraction of sp³-hybridized carbons (Fsp3) is 0.200. The monoisotopic (exact) mass is 338 g/mol. The van der Waals surface area contributed by atoms with E-state index < -0.39 is 0 Å². The molecular weight excluding hydrogens is 320 g/mol. The molecule has 0 radical (unpaired) electrons. The number of carbonyl (C=O) groups excluding carboxylic acids is 1. The van der Waals surface area contributed by atoms with E-state index in [1.807, 2.05) is 57.2 Å². The van der Waals surface area contributed by atoms with Crippen molar-refractivity contribution < 1.29 is 4.79 Å². The quantitative estimate of drug-likeness (QED) is 0.749. The van der Waals surface area contributed by atoms with E-state index in [-0.39, 0.29) is 5.91 Å². The van der Waals surface area contributed by atoms with Gasteiger partial charge in [0.25, 0.3) is 5.91 Å². The third-order valence-electron chi connectivity index (χ3n) is 4.02. The van der Waals surface area contributed by atoms with Gasteiger partial charge in [0, 0.05) is 22.6 Å². The number of nitrogens with one attached hydrogen (secondary N) is 1. The standard InChI is InChI=1S/C20H19ClN2O/c1-12-8-13(2)19-16(9-12)17(10-14(3)23-19)20(24)22-11-15-6-4-5-7-18(15)21/h4-10H,11H2,1-3H3,(H,22,24). The first kappa shape index (κ1) is 16.5. The van der Waals surface area contributed by atoms with E-state index >= 15 is 0 Å². The first-order chi connectivity index (χ1) is 11.5. The van der Waals surface area contributed by atoms with Gasteiger partial charge in [0.05, 0.1) is 11.1 Å². The maximum atomic E-state index is 12.7. The third kappa shape index (κ3) is 3.26. The topological polar surface area (TPSA) is 42.0 Å². The van der Waals surface area contributed by atoms with E-state index in [9.17, 15) is 4.79 Å². The Morgan fingerprint density at radius 1 is 1.12 bits per heavy atom. The SMILES string of the molecule is Cc1cc(C)c2nc(C)cc(C(=O)NCc3ccccc3Cl)c2c1. The Balaban J connectivity index is 1.96. The lowest BCUT2D eigenvalue weighted by molar-refractivity contribution is 0.0952. The highest BCUT2D eigenvalue weighted by atomic mass is 35.5. The van der Waals surface area contributed by atoms with Crippen LogP contribution in [-0.2, 0) is 6.54 Å². The number of aromatic nitrogens is 1. The Bertz CT molecular complexity index is 934. The van der Waals surface area contributed by atoms with Crippen molar-refractivity contribution in [3.8, 4) is 0 Å². The summed E-state index contributed by atoms with van der Waals surface area (Å²) in [6.45, 7) is 6.35. The van der Waals surface area contributed by atoms with Crippen LogP contribution in [0, 0.1) is 20.8 Å². The molecule has 3 aromatic rings. The number of amides is 1. The average molecular weight is 339 g/mol. The van der Waals surface area contributed by atoms with E-state index in [0.29, 0.717) is 17.1 Å². The van der Waals surface area contributed by atoms with Crippen molar-refractivity contribution in [1.29, 1.82) is 0 Å². The molecule has 3 nitrogen and oxygen atoms in total. The maximum absolute atomic E-state index is 12.7. The second kappa shape index (κ2) is 6.62. The van der Waals surface area contributed by atoms with Crippen LogP contribution in [0.25, 0.3) is 10.9 Å². The second-order valence-corrected chi connectivity index (χ2v) is 6.47. The zero-order valence-corrected chi connectivity index (χ0v) is 14.7. The van der Waals surface area contributed by atoms with Crippen LogP contribution in [-0.4, -0.2) is 10.9 Å². The zero-order chi connectivity index (χ0) is 17.3. The molecule has 4 heteroatoms. The molecule has 1 aromatic heterocycles. The molecule has 0 spiro atoms. The van der Waals surface area contributed by atoms with Gasteiger partial charge in [-0.25, -0.2) is 0 Å². The van der Waals surface area contributed by atoms with E-state index in [2.05, 4.69) is 16.4 Å². The molecule has 0 atom stereocenters. The average Bonchev–Trinajstić information content (AvgIpc) is 2.54. The van der Waals surface area contributed by atoms with Crippen LogP contribution in [0.2, 0.25) is 5.02 Å². The second-order valence-electron chi connectivity index (χ2n) is 6.06. The summed E-state index contributed by atoms with van der Waals surface area (Å²) in [4.78, 5) is 17.3. The van der Waals surface area contributed by atoms with Gasteiger partial charge in [-0.3, -0.25) is 9.78 Å². The number of hydrogen-bond acceptors (Lipinski definition) is 2. The third-order valence-corrected chi connectivity index (χ3v) is 4.39. The van der Waals surface area contributed by atoms with Gasteiger partial charge in [-0.2, -0.15) is 0 Å². The Morgan fingerprint density at radius 3 is 2.62 bits per heavy atom. The molecular formula is C20H19ClN2O. The molecule has 0 saturated carbocycles. The fourth-order valence-corrected chi connectivity index (χ4v) is 3.11. The normalized spacial score (nSPS) is 10.8. The van der Waals surface area contributed by atoms with Crippen molar-refractivity contribution in [3.63, 3.8) is 0 Å². The van der Waals surface area contributed by atoms with Gasteiger partial charge in [0.15, 0.2) is 0 Å². The van der Waals surface area contributed by atoms with E-state index in [1.165, 1.54) is 0 Å². The summed E-state index contributed by atoms with van der Waals surface area (Å²) in [5, 5.41) is 4.50. The summed E-state index contributed by atoms with van der Waals surface area (Å²) < 4.78 is 0. The maximum Gasteiger partial charge on any atom is 0.252 e. The van der Waals surface area contributed by atoms with Crippen LogP contribution >= 0.6 is 11.6 Å². The van der Waals surface area contributed by atoms with E-state index in [1.54, 1.807) is 0 Å². The van der Waals surface area contributed by atoms with Crippen molar-refractivity contribution in [2.75, 3.05) is 0 Å². The Labute approximate surface area is 146 Å². The number of hydrogen-bond donors (Lipinski definition) is 1. The number of carbonyl (C=O) groups is 1. The Morgan fingerprint density at radius 2 is 1.88 bits per heavy atom. The Kier molecular flexibility index (Phi) is 4.54. The van der Waals surface area contributed by atoms with Crippen molar-refractivity contribution in [3.05, 3.63) is 75.4 Å². The van der Waals surface area contributed by atoms with Gasteiger partial charge < -0.3 is 5.32 Å². The largest absolute Gasteiger partial charge is 0.348 e. The van der Waals surface area contributed by atoms with Crippen LogP contribution in [0.3, 0.4) is 0 Å². The van der Waals surface area contributed by atoms with Gasteiger partial charge in [-0.05, 0) is 50.1 Å². The van der Waals surface area contributed by atoms with Crippen LogP contribution in [0.1, 0.15) is 32.7 Å². The molecule has 0 fully saturated rings. The molecule has 1 N–H and O–H groups in total. The van der Waals surface area contributed by atoms with Crippen molar-refractivity contribution in [2.24, 2.45) is 0 Å². The number of pyridine rings is 1. The smallest absolute Gasteiger partial charge is 0.252 e. The molecule has 1 heterocycles. The summed E-state index contributed by atoms with van der Waals surface area (Å²) >= 11 is 6.15. The van der Waals surface area contributed by atoms with Crippen molar-refractivity contribution >= 4 is 28.4 Å².